The number of carbonyl (C=O) groups excluding carboxylic acids is 1. The van der Waals surface area contributed by atoms with Crippen molar-refractivity contribution in [3.63, 3.8) is 0 Å². The summed E-state index contributed by atoms with van der Waals surface area (Å²) in [6, 6.07) is 11.4. The second kappa shape index (κ2) is 4.37. The molecule has 0 N–H and O–H groups in total. The van der Waals surface area contributed by atoms with Gasteiger partial charge in [0.15, 0.2) is 5.76 Å². The minimum absolute atomic E-state index is 0.0699. The predicted molar refractivity (Wildman–Crippen MR) is 76.4 cm³/mol. The smallest absolute Gasteiger partial charge is 0.238 e. The van der Waals surface area contributed by atoms with Crippen molar-refractivity contribution in [2.75, 3.05) is 0 Å². The quantitative estimate of drug-likeness (QED) is 0.635. The van der Waals surface area contributed by atoms with E-state index in [9.17, 15) is 4.79 Å². The van der Waals surface area contributed by atoms with E-state index in [2.05, 4.69) is 15.9 Å². The monoisotopic (exact) mass is 320 g/mol. The van der Waals surface area contributed by atoms with Gasteiger partial charge in [0.2, 0.25) is 5.78 Å². The average Bonchev–Trinajstić information content (AvgIpc) is 2.93. The van der Waals surface area contributed by atoms with Gasteiger partial charge in [-0.1, -0.05) is 11.6 Å². The number of thiophene rings is 1. The largest absolute Gasteiger partial charge is 0.453 e. The number of furan rings is 1. The molecule has 90 valence electrons. The van der Waals surface area contributed by atoms with Crippen molar-refractivity contribution in [2.45, 2.75) is 6.92 Å². The van der Waals surface area contributed by atoms with Gasteiger partial charge in [0.05, 0.1) is 8.66 Å². The van der Waals surface area contributed by atoms with Crippen LogP contribution in [0.4, 0.5) is 0 Å². The normalized spacial score (nSPS) is 11.0. The van der Waals surface area contributed by atoms with Gasteiger partial charge in [0.25, 0.3) is 0 Å². The molecule has 0 saturated carbocycles. The van der Waals surface area contributed by atoms with Crippen LogP contribution in [0.3, 0.4) is 0 Å². The Bertz CT molecular complexity index is 739. The van der Waals surface area contributed by atoms with Crippen LogP contribution in [0, 0.1) is 6.92 Å². The molecule has 0 aliphatic heterocycles. The number of aryl methyl sites for hydroxylation is 1. The first-order valence-electron chi connectivity index (χ1n) is 5.44. The third kappa shape index (κ3) is 2.02. The first-order chi connectivity index (χ1) is 8.63. The SMILES string of the molecule is Cc1ccc2oc(C(=O)c3ccc(Br)s3)cc2c1. The van der Waals surface area contributed by atoms with Crippen LogP contribution in [0.2, 0.25) is 0 Å². The van der Waals surface area contributed by atoms with Gasteiger partial charge in [-0.15, -0.1) is 11.3 Å². The Morgan fingerprint density at radius 1 is 1.22 bits per heavy atom. The lowest BCUT2D eigenvalue weighted by atomic mass is 10.1. The zero-order valence-corrected chi connectivity index (χ0v) is 12.0. The molecule has 0 aliphatic carbocycles. The van der Waals surface area contributed by atoms with Crippen molar-refractivity contribution in [3.05, 3.63) is 56.4 Å². The first-order valence-corrected chi connectivity index (χ1v) is 7.05. The van der Waals surface area contributed by atoms with Gasteiger partial charge in [-0.2, -0.15) is 0 Å². The minimum atomic E-state index is -0.0699. The molecule has 2 heterocycles. The molecular formula is C14H9BrO2S. The third-order valence-corrected chi connectivity index (χ3v) is 4.32. The Hall–Kier alpha value is -1.39. The molecule has 1 aromatic carbocycles. The van der Waals surface area contributed by atoms with Crippen LogP contribution in [0.15, 0.2) is 44.6 Å². The van der Waals surface area contributed by atoms with Gasteiger partial charge in [-0.05, 0) is 53.2 Å². The molecule has 3 aromatic rings. The second-order valence-electron chi connectivity index (χ2n) is 4.08. The Morgan fingerprint density at radius 2 is 2.06 bits per heavy atom. The molecule has 3 rings (SSSR count). The molecule has 0 atom stereocenters. The van der Waals surface area contributed by atoms with E-state index >= 15 is 0 Å². The maximum atomic E-state index is 12.2. The van der Waals surface area contributed by atoms with Gasteiger partial charge < -0.3 is 4.42 Å². The number of fused-ring (bicyclic) bond motifs is 1. The van der Waals surface area contributed by atoms with E-state index in [4.69, 9.17) is 4.42 Å². The van der Waals surface area contributed by atoms with Crippen LogP contribution in [0.5, 0.6) is 0 Å². The molecule has 0 radical (unpaired) electrons. The number of ketones is 1. The molecular weight excluding hydrogens is 312 g/mol. The fourth-order valence-corrected chi connectivity index (χ4v) is 3.16. The standard InChI is InChI=1S/C14H9BrO2S/c1-8-2-3-10-9(6-8)7-11(17-10)14(16)12-4-5-13(15)18-12/h2-7H,1H3. The Morgan fingerprint density at radius 3 is 2.78 bits per heavy atom. The molecule has 0 bridgehead atoms. The zero-order valence-electron chi connectivity index (χ0n) is 9.57. The molecule has 4 heteroatoms. The van der Waals surface area contributed by atoms with E-state index in [1.165, 1.54) is 11.3 Å². The highest BCUT2D eigenvalue weighted by Gasteiger charge is 2.16. The average molecular weight is 321 g/mol. The zero-order chi connectivity index (χ0) is 12.7. The van der Waals surface area contributed by atoms with Crippen LogP contribution in [-0.2, 0) is 0 Å². The van der Waals surface area contributed by atoms with E-state index < -0.39 is 0 Å². The molecule has 0 saturated heterocycles. The molecule has 18 heavy (non-hydrogen) atoms. The summed E-state index contributed by atoms with van der Waals surface area (Å²) in [5.41, 5.74) is 1.90. The second-order valence-corrected chi connectivity index (χ2v) is 6.55. The summed E-state index contributed by atoms with van der Waals surface area (Å²) in [6.45, 7) is 2.02. The van der Waals surface area contributed by atoms with Gasteiger partial charge in [-0.3, -0.25) is 4.79 Å². The summed E-state index contributed by atoms with van der Waals surface area (Å²) >= 11 is 4.76. The fraction of sp³-hybridized carbons (Fsp3) is 0.0714. The molecule has 0 unspecified atom stereocenters. The number of benzene rings is 1. The van der Waals surface area contributed by atoms with Crippen molar-refractivity contribution in [1.29, 1.82) is 0 Å². The van der Waals surface area contributed by atoms with Gasteiger partial charge in [-0.25, -0.2) is 0 Å². The van der Waals surface area contributed by atoms with Crippen molar-refractivity contribution in [3.8, 4) is 0 Å². The number of hydrogen-bond acceptors (Lipinski definition) is 3. The van der Waals surface area contributed by atoms with Crippen LogP contribution < -0.4 is 0 Å². The number of carbonyl (C=O) groups is 1. The summed E-state index contributed by atoms with van der Waals surface area (Å²) in [5.74, 6) is 0.324. The molecule has 0 spiro atoms. The summed E-state index contributed by atoms with van der Waals surface area (Å²) in [5, 5.41) is 0.967. The molecule has 0 amide bonds. The van der Waals surface area contributed by atoms with Gasteiger partial charge in [0.1, 0.15) is 5.58 Å². The predicted octanol–water partition coefficient (Wildman–Crippen LogP) is 4.80. The third-order valence-electron chi connectivity index (χ3n) is 2.69. The van der Waals surface area contributed by atoms with Gasteiger partial charge in [0, 0.05) is 5.39 Å². The lowest BCUT2D eigenvalue weighted by molar-refractivity contribution is 0.101. The first kappa shape index (κ1) is 11.7. The maximum absolute atomic E-state index is 12.2. The highest BCUT2D eigenvalue weighted by molar-refractivity contribution is 9.11. The Balaban J connectivity index is 2.06. The summed E-state index contributed by atoms with van der Waals surface area (Å²) in [7, 11) is 0. The van der Waals surface area contributed by atoms with Crippen molar-refractivity contribution >= 4 is 44.0 Å². The van der Waals surface area contributed by atoms with E-state index in [1.54, 1.807) is 12.1 Å². The highest BCUT2D eigenvalue weighted by atomic mass is 79.9. The number of hydrogen-bond donors (Lipinski definition) is 0. The van der Waals surface area contributed by atoms with E-state index in [-0.39, 0.29) is 5.78 Å². The van der Waals surface area contributed by atoms with Crippen molar-refractivity contribution in [2.24, 2.45) is 0 Å². The molecule has 2 nitrogen and oxygen atoms in total. The van der Waals surface area contributed by atoms with Crippen LogP contribution in [-0.4, -0.2) is 5.78 Å². The highest BCUT2D eigenvalue weighted by Crippen LogP contribution is 2.27. The summed E-state index contributed by atoms with van der Waals surface area (Å²) < 4.78 is 6.53. The van der Waals surface area contributed by atoms with E-state index in [0.29, 0.717) is 10.6 Å². The fourth-order valence-electron chi connectivity index (χ4n) is 1.83. The molecule has 0 aliphatic rings. The number of halogens is 1. The Labute approximate surface area is 116 Å². The van der Waals surface area contributed by atoms with Crippen molar-refractivity contribution < 1.29 is 9.21 Å². The van der Waals surface area contributed by atoms with Crippen LogP contribution in [0.1, 0.15) is 21.0 Å². The minimum Gasteiger partial charge on any atom is -0.453 e. The van der Waals surface area contributed by atoms with Gasteiger partial charge >= 0.3 is 0 Å². The lowest BCUT2D eigenvalue weighted by Crippen LogP contribution is -1.95. The molecule has 2 aromatic heterocycles. The summed E-state index contributed by atoms with van der Waals surface area (Å²) in [6.07, 6.45) is 0. The number of rotatable bonds is 2. The summed E-state index contributed by atoms with van der Waals surface area (Å²) in [4.78, 5) is 12.9. The maximum Gasteiger partial charge on any atom is 0.238 e. The van der Waals surface area contributed by atoms with Crippen molar-refractivity contribution in [1.82, 2.24) is 0 Å². The van der Waals surface area contributed by atoms with E-state index in [1.807, 2.05) is 31.2 Å². The topological polar surface area (TPSA) is 30.2 Å². The Kier molecular flexibility index (Phi) is 2.84. The van der Waals surface area contributed by atoms with Crippen LogP contribution >= 0.6 is 27.3 Å². The van der Waals surface area contributed by atoms with E-state index in [0.717, 1.165) is 20.3 Å². The lowest BCUT2D eigenvalue weighted by Gasteiger charge is -1.91. The molecule has 0 fully saturated rings. The van der Waals surface area contributed by atoms with Crippen LogP contribution in [0.25, 0.3) is 11.0 Å².